The van der Waals surface area contributed by atoms with Crippen molar-refractivity contribution in [3.05, 3.63) is 35.4 Å². The van der Waals surface area contributed by atoms with Crippen molar-refractivity contribution in [3.63, 3.8) is 0 Å². The third-order valence-corrected chi connectivity index (χ3v) is 3.51. The molecule has 0 unspecified atom stereocenters. The van der Waals surface area contributed by atoms with Crippen LogP contribution in [0, 0.1) is 12.8 Å². The maximum Gasteiger partial charge on any atom is 0.0414 e. The third-order valence-electron chi connectivity index (χ3n) is 3.51. The first kappa shape index (κ1) is 9.72. The molecule has 1 fully saturated rings. The summed E-state index contributed by atoms with van der Waals surface area (Å²) in [5.41, 5.74) is 8.94. The van der Waals surface area contributed by atoms with Crippen LogP contribution in [-0.2, 0) is 5.54 Å². The van der Waals surface area contributed by atoms with Gasteiger partial charge in [-0.2, -0.15) is 0 Å². The second-order valence-corrected chi connectivity index (χ2v) is 4.70. The summed E-state index contributed by atoms with van der Waals surface area (Å²) in [5.74, 6) is 0.848. The zero-order valence-corrected chi connectivity index (χ0v) is 9.09. The van der Waals surface area contributed by atoms with E-state index in [2.05, 4.69) is 38.1 Å². The van der Waals surface area contributed by atoms with E-state index in [1.807, 2.05) is 0 Å². The lowest BCUT2D eigenvalue weighted by atomic mass is 9.64. The van der Waals surface area contributed by atoms with Gasteiger partial charge in [-0.25, -0.2) is 0 Å². The fraction of sp³-hybridized carbons (Fsp3) is 0.538. The molecule has 0 atom stereocenters. The van der Waals surface area contributed by atoms with Crippen LogP contribution in [0.1, 0.15) is 37.3 Å². The highest BCUT2D eigenvalue weighted by Crippen LogP contribution is 2.44. The van der Waals surface area contributed by atoms with Crippen LogP contribution in [-0.4, -0.2) is 0 Å². The maximum absolute atomic E-state index is 6.34. The number of rotatable bonds is 2. The molecule has 1 saturated carbocycles. The summed E-state index contributed by atoms with van der Waals surface area (Å²) in [4.78, 5) is 0. The summed E-state index contributed by atoms with van der Waals surface area (Å²) < 4.78 is 0. The van der Waals surface area contributed by atoms with Crippen molar-refractivity contribution in [2.45, 2.75) is 38.6 Å². The fourth-order valence-corrected chi connectivity index (χ4v) is 2.38. The van der Waals surface area contributed by atoms with Gasteiger partial charge in [0.2, 0.25) is 0 Å². The van der Waals surface area contributed by atoms with Gasteiger partial charge in [0.15, 0.2) is 0 Å². The second-order valence-electron chi connectivity index (χ2n) is 4.70. The summed E-state index contributed by atoms with van der Waals surface area (Å²) >= 11 is 0. The Bertz CT molecular complexity index is 307. The Kier molecular flexibility index (Phi) is 2.36. The van der Waals surface area contributed by atoms with Gasteiger partial charge in [-0.15, -0.1) is 0 Å². The van der Waals surface area contributed by atoms with Crippen LogP contribution in [0.5, 0.6) is 0 Å². The van der Waals surface area contributed by atoms with Crippen LogP contribution in [0.25, 0.3) is 0 Å². The average Bonchev–Trinajstić information content (AvgIpc) is 2.14. The Labute approximate surface area is 86.3 Å². The lowest BCUT2D eigenvalue weighted by Gasteiger charge is -2.45. The van der Waals surface area contributed by atoms with E-state index in [0.29, 0.717) is 0 Å². The van der Waals surface area contributed by atoms with Crippen LogP contribution in [0.4, 0.5) is 0 Å². The van der Waals surface area contributed by atoms with Crippen molar-refractivity contribution in [2.75, 3.05) is 0 Å². The van der Waals surface area contributed by atoms with E-state index >= 15 is 0 Å². The third kappa shape index (κ3) is 1.57. The van der Waals surface area contributed by atoms with Gasteiger partial charge in [0.1, 0.15) is 0 Å². The first-order chi connectivity index (χ1) is 6.64. The minimum absolute atomic E-state index is 0.0195. The maximum atomic E-state index is 6.34. The van der Waals surface area contributed by atoms with E-state index in [4.69, 9.17) is 5.73 Å². The molecule has 2 N–H and O–H groups in total. The first-order valence-electron chi connectivity index (χ1n) is 5.50. The topological polar surface area (TPSA) is 26.0 Å². The van der Waals surface area contributed by atoms with E-state index in [1.165, 1.54) is 17.5 Å². The molecule has 1 heteroatoms. The molecule has 2 rings (SSSR count). The van der Waals surface area contributed by atoms with E-state index in [9.17, 15) is 0 Å². The van der Waals surface area contributed by atoms with Crippen LogP contribution in [0.2, 0.25) is 0 Å². The monoisotopic (exact) mass is 189 g/mol. The molecule has 0 spiro atoms. The zero-order valence-electron chi connectivity index (χ0n) is 9.09. The lowest BCUT2D eigenvalue weighted by Crippen LogP contribution is -2.48. The smallest absolute Gasteiger partial charge is 0.0414 e. The Morgan fingerprint density at radius 3 is 2.36 bits per heavy atom. The molecule has 14 heavy (non-hydrogen) atoms. The highest BCUT2D eigenvalue weighted by atomic mass is 14.8. The van der Waals surface area contributed by atoms with E-state index in [0.717, 1.165) is 18.8 Å². The second kappa shape index (κ2) is 3.39. The zero-order chi connectivity index (χ0) is 10.2. The summed E-state index contributed by atoms with van der Waals surface area (Å²) in [6.45, 7) is 4.36. The average molecular weight is 189 g/mol. The molecule has 1 nitrogen and oxygen atoms in total. The molecule has 1 aromatic rings. The Balaban J connectivity index is 2.13. The van der Waals surface area contributed by atoms with Gasteiger partial charge in [0.05, 0.1) is 0 Å². The standard InChI is InChI=1S/C13H19N/c1-3-11-8-13(14,9-11)12-6-4-10(2)5-7-12/h4-7,11H,3,8-9,14H2,1-2H3. The molecule has 0 radical (unpaired) electrons. The van der Waals surface area contributed by atoms with Crippen LogP contribution < -0.4 is 5.73 Å². The van der Waals surface area contributed by atoms with Crippen LogP contribution in [0.15, 0.2) is 24.3 Å². The van der Waals surface area contributed by atoms with E-state index in [1.54, 1.807) is 0 Å². The molecule has 1 aliphatic rings. The van der Waals surface area contributed by atoms with Gasteiger partial charge in [0.25, 0.3) is 0 Å². The minimum Gasteiger partial charge on any atom is -0.321 e. The summed E-state index contributed by atoms with van der Waals surface area (Å²) in [6.07, 6.45) is 3.59. The van der Waals surface area contributed by atoms with Crippen molar-refractivity contribution < 1.29 is 0 Å². The summed E-state index contributed by atoms with van der Waals surface area (Å²) in [5, 5.41) is 0. The first-order valence-corrected chi connectivity index (χ1v) is 5.50. The van der Waals surface area contributed by atoms with Gasteiger partial charge in [-0.1, -0.05) is 43.2 Å². The molecule has 0 heterocycles. The molecular formula is C13H19N. The van der Waals surface area contributed by atoms with Gasteiger partial charge in [0, 0.05) is 5.54 Å². The molecule has 76 valence electrons. The fourth-order valence-electron chi connectivity index (χ4n) is 2.38. The lowest BCUT2D eigenvalue weighted by molar-refractivity contribution is 0.143. The number of nitrogens with two attached hydrogens (primary N) is 1. The number of hydrogen-bond acceptors (Lipinski definition) is 1. The van der Waals surface area contributed by atoms with Crippen molar-refractivity contribution in [1.82, 2.24) is 0 Å². The number of aryl methyl sites for hydroxylation is 1. The van der Waals surface area contributed by atoms with Crippen molar-refractivity contribution in [1.29, 1.82) is 0 Å². The largest absolute Gasteiger partial charge is 0.321 e. The van der Waals surface area contributed by atoms with Crippen LogP contribution in [0.3, 0.4) is 0 Å². The van der Waals surface area contributed by atoms with Gasteiger partial charge in [-0.05, 0) is 31.2 Å². The van der Waals surface area contributed by atoms with Crippen molar-refractivity contribution in [2.24, 2.45) is 11.7 Å². The highest BCUT2D eigenvalue weighted by molar-refractivity contribution is 5.30. The van der Waals surface area contributed by atoms with Crippen molar-refractivity contribution in [3.8, 4) is 0 Å². The minimum atomic E-state index is -0.0195. The molecule has 0 aromatic heterocycles. The summed E-state index contributed by atoms with van der Waals surface area (Å²) in [7, 11) is 0. The predicted molar refractivity (Wildman–Crippen MR) is 60.1 cm³/mol. The molecule has 0 bridgehead atoms. The van der Waals surface area contributed by atoms with Crippen molar-refractivity contribution >= 4 is 0 Å². The Morgan fingerprint density at radius 1 is 1.29 bits per heavy atom. The number of benzene rings is 1. The van der Waals surface area contributed by atoms with Gasteiger partial charge < -0.3 is 5.73 Å². The molecule has 0 saturated heterocycles. The predicted octanol–water partition coefficient (Wildman–Crippen LogP) is 2.97. The van der Waals surface area contributed by atoms with Gasteiger partial charge >= 0.3 is 0 Å². The molecule has 1 aliphatic carbocycles. The Morgan fingerprint density at radius 2 is 1.86 bits per heavy atom. The molecule has 0 aliphatic heterocycles. The van der Waals surface area contributed by atoms with Gasteiger partial charge in [-0.3, -0.25) is 0 Å². The Hall–Kier alpha value is -0.820. The number of hydrogen-bond donors (Lipinski definition) is 1. The molecule has 0 amide bonds. The van der Waals surface area contributed by atoms with E-state index < -0.39 is 0 Å². The molecular weight excluding hydrogens is 170 g/mol. The summed E-state index contributed by atoms with van der Waals surface area (Å²) in [6, 6.07) is 8.68. The quantitative estimate of drug-likeness (QED) is 0.760. The SMILES string of the molecule is CCC1CC(N)(c2ccc(C)cc2)C1. The highest BCUT2D eigenvalue weighted by Gasteiger charge is 2.40. The normalized spacial score (nSPS) is 31.2. The molecule has 1 aromatic carbocycles. The van der Waals surface area contributed by atoms with Crippen LogP contribution >= 0.6 is 0 Å². The van der Waals surface area contributed by atoms with E-state index in [-0.39, 0.29) is 5.54 Å².